The molecule has 0 fully saturated rings. The minimum Gasteiger partial charge on any atom is -0.361 e. The fraction of sp³-hybridized carbons (Fsp3) is 0.158. The standard InChI is InChI=1S/C19H17N3O3/c23-18(21-25)14-2-1-12-6-8-22(11-16(12)10-14)19(24)15-3-4-17-13(9-15)5-7-20-17/h1-5,7,9-10,20,25H,6,8,11H2,(H,21,23). The maximum absolute atomic E-state index is 12.8. The van der Waals surface area contributed by atoms with E-state index in [-0.39, 0.29) is 5.91 Å². The zero-order chi connectivity index (χ0) is 17.4. The van der Waals surface area contributed by atoms with Gasteiger partial charge in [-0.2, -0.15) is 0 Å². The normalized spacial score (nSPS) is 13.6. The second-order valence-corrected chi connectivity index (χ2v) is 6.18. The molecule has 0 bridgehead atoms. The Morgan fingerprint density at radius 2 is 1.88 bits per heavy atom. The van der Waals surface area contributed by atoms with Gasteiger partial charge in [0.1, 0.15) is 0 Å². The molecule has 1 aromatic heterocycles. The molecule has 3 aromatic rings. The minimum atomic E-state index is -0.552. The Labute approximate surface area is 144 Å². The molecule has 0 saturated heterocycles. The van der Waals surface area contributed by atoms with Gasteiger partial charge < -0.3 is 9.88 Å². The van der Waals surface area contributed by atoms with E-state index >= 15 is 0 Å². The van der Waals surface area contributed by atoms with Crippen LogP contribution in [0.5, 0.6) is 0 Å². The molecule has 1 aliphatic heterocycles. The average Bonchev–Trinajstić information content (AvgIpc) is 3.13. The number of hydroxylamine groups is 1. The van der Waals surface area contributed by atoms with E-state index in [1.807, 2.05) is 36.5 Å². The van der Waals surface area contributed by atoms with Crippen molar-refractivity contribution in [3.05, 3.63) is 70.9 Å². The van der Waals surface area contributed by atoms with Gasteiger partial charge in [-0.1, -0.05) is 6.07 Å². The molecule has 0 atom stereocenters. The number of nitrogens with one attached hydrogen (secondary N) is 2. The van der Waals surface area contributed by atoms with Gasteiger partial charge in [0.25, 0.3) is 11.8 Å². The maximum Gasteiger partial charge on any atom is 0.274 e. The smallest absolute Gasteiger partial charge is 0.274 e. The highest BCUT2D eigenvalue weighted by atomic mass is 16.5. The Hall–Kier alpha value is -3.12. The third kappa shape index (κ3) is 2.77. The van der Waals surface area contributed by atoms with Crippen LogP contribution >= 0.6 is 0 Å². The van der Waals surface area contributed by atoms with E-state index in [1.165, 1.54) is 0 Å². The number of aromatic nitrogens is 1. The lowest BCUT2D eigenvalue weighted by molar-refractivity contribution is 0.0706. The van der Waals surface area contributed by atoms with Crippen molar-refractivity contribution in [3.63, 3.8) is 0 Å². The Balaban J connectivity index is 1.60. The van der Waals surface area contributed by atoms with Gasteiger partial charge in [0.05, 0.1) is 0 Å². The molecule has 2 amide bonds. The summed E-state index contributed by atoms with van der Waals surface area (Å²) in [5, 5.41) is 9.79. The summed E-state index contributed by atoms with van der Waals surface area (Å²) in [5.41, 5.74) is 5.73. The van der Waals surface area contributed by atoms with Gasteiger partial charge in [0, 0.05) is 41.3 Å². The number of fused-ring (bicyclic) bond motifs is 2. The Kier molecular flexibility index (Phi) is 3.74. The first-order valence-corrected chi connectivity index (χ1v) is 8.08. The summed E-state index contributed by atoms with van der Waals surface area (Å²) in [4.78, 5) is 29.3. The van der Waals surface area contributed by atoms with Crippen molar-refractivity contribution in [2.45, 2.75) is 13.0 Å². The van der Waals surface area contributed by atoms with Gasteiger partial charge in [0.2, 0.25) is 0 Å². The maximum atomic E-state index is 12.8. The van der Waals surface area contributed by atoms with Crippen LogP contribution in [0.2, 0.25) is 0 Å². The zero-order valence-corrected chi connectivity index (χ0v) is 13.5. The Morgan fingerprint density at radius 1 is 1.04 bits per heavy atom. The topological polar surface area (TPSA) is 85.4 Å². The summed E-state index contributed by atoms with van der Waals surface area (Å²) in [5.74, 6) is -0.574. The SMILES string of the molecule is O=C(NO)c1ccc2c(c1)CN(C(=O)c1ccc3[nH]ccc3c1)CC2. The van der Waals surface area contributed by atoms with Gasteiger partial charge in [-0.3, -0.25) is 14.8 Å². The molecule has 2 heterocycles. The summed E-state index contributed by atoms with van der Waals surface area (Å²) < 4.78 is 0. The van der Waals surface area contributed by atoms with Crippen LogP contribution in [0.25, 0.3) is 10.9 Å². The van der Waals surface area contributed by atoms with Gasteiger partial charge >= 0.3 is 0 Å². The summed E-state index contributed by atoms with van der Waals surface area (Å²) in [7, 11) is 0. The van der Waals surface area contributed by atoms with Crippen LogP contribution in [0.3, 0.4) is 0 Å². The molecule has 0 saturated carbocycles. The van der Waals surface area contributed by atoms with Crippen molar-refractivity contribution < 1.29 is 14.8 Å². The average molecular weight is 335 g/mol. The molecule has 0 aliphatic carbocycles. The highest BCUT2D eigenvalue weighted by Crippen LogP contribution is 2.23. The number of rotatable bonds is 2. The molecule has 4 rings (SSSR count). The Morgan fingerprint density at radius 3 is 2.72 bits per heavy atom. The zero-order valence-electron chi connectivity index (χ0n) is 13.5. The number of aromatic amines is 1. The van der Waals surface area contributed by atoms with Crippen molar-refractivity contribution in [2.75, 3.05) is 6.54 Å². The molecule has 1 aliphatic rings. The lowest BCUT2D eigenvalue weighted by Gasteiger charge is -2.29. The Bertz CT molecular complexity index is 977. The minimum absolute atomic E-state index is 0.0224. The van der Waals surface area contributed by atoms with Crippen LogP contribution in [-0.2, 0) is 13.0 Å². The van der Waals surface area contributed by atoms with Crippen LogP contribution in [0.15, 0.2) is 48.7 Å². The van der Waals surface area contributed by atoms with Crippen molar-refractivity contribution >= 4 is 22.7 Å². The third-order valence-electron chi connectivity index (χ3n) is 4.67. The van der Waals surface area contributed by atoms with Gasteiger partial charge in [-0.15, -0.1) is 0 Å². The van der Waals surface area contributed by atoms with Crippen LogP contribution < -0.4 is 5.48 Å². The second-order valence-electron chi connectivity index (χ2n) is 6.18. The number of carbonyl (C=O) groups excluding carboxylic acids is 2. The largest absolute Gasteiger partial charge is 0.361 e. The molecule has 126 valence electrons. The number of hydrogen-bond donors (Lipinski definition) is 3. The molecule has 0 spiro atoms. The number of carbonyl (C=O) groups is 2. The van der Waals surface area contributed by atoms with E-state index in [4.69, 9.17) is 5.21 Å². The number of hydrogen-bond acceptors (Lipinski definition) is 3. The molecular formula is C19H17N3O3. The van der Waals surface area contributed by atoms with Crippen LogP contribution in [0.1, 0.15) is 31.8 Å². The predicted molar refractivity (Wildman–Crippen MR) is 92.4 cm³/mol. The number of amides is 2. The molecular weight excluding hydrogens is 318 g/mol. The van der Waals surface area contributed by atoms with Crippen LogP contribution in [0, 0.1) is 0 Å². The van der Waals surface area contributed by atoms with Crippen LogP contribution in [0.4, 0.5) is 0 Å². The van der Waals surface area contributed by atoms with Gasteiger partial charge in [0.15, 0.2) is 0 Å². The quantitative estimate of drug-likeness (QED) is 0.497. The summed E-state index contributed by atoms with van der Waals surface area (Å²) >= 11 is 0. The number of nitrogens with zero attached hydrogens (tertiary/aromatic N) is 1. The first kappa shape index (κ1) is 15.4. The molecule has 0 unspecified atom stereocenters. The van der Waals surface area contributed by atoms with Gasteiger partial charge in [-0.25, -0.2) is 5.48 Å². The lowest BCUT2D eigenvalue weighted by Crippen LogP contribution is -2.36. The summed E-state index contributed by atoms with van der Waals surface area (Å²) in [6.07, 6.45) is 2.60. The summed E-state index contributed by atoms with van der Waals surface area (Å²) in [6.45, 7) is 1.09. The van der Waals surface area contributed by atoms with E-state index in [0.717, 1.165) is 28.5 Å². The first-order valence-electron chi connectivity index (χ1n) is 8.08. The fourth-order valence-corrected chi connectivity index (χ4v) is 3.31. The van der Waals surface area contributed by atoms with Crippen molar-refractivity contribution in [3.8, 4) is 0 Å². The van der Waals surface area contributed by atoms with Crippen molar-refractivity contribution in [1.82, 2.24) is 15.4 Å². The molecule has 0 radical (unpaired) electrons. The van der Waals surface area contributed by atoms with Crippen LogP contribution in [-0.4, -0.2) is 33.5 Å². The fourth-order valence-electron chi connectivity index (χ4n) is 3.31. The number of benzene rings is 2. The highest BCUT2D eigenvalue weighted by Gasteiger charge is 2.23. The van der Waals surface area contributed by atoms with Crippen molar-refractivity contribution in [1.29, 1.82) is 0 Å². The van der Waals surface area contributed by atoms with Crippen molar-refractivity contribution in [2.24, 2.45) is 0 Å². The third-order valence-corrected chi connectivity index (χ3v) is 4.67. The predicted octanol–water partition coefficient (Wildman–Crippen LogP) is 2.49. The molecule has 25 heavy (non-hydrogen) atoms. The first-order chi connectivity index (χ1) is 12.2. The highest BCUT2D eigenvalue weighted by molar-refractivity contribution is 5.98. The monoisotopic (exact) mass is 335 g/mol. The molecule has 6 nitrogen and oxygen atoms in total. The molecule has 3 N–H and O–H groups in total. The van der Waals surface area contributed by atoms with E-state index in [1.54, 1.807) is 22.5 Å². The second kappa shape index (κ2) is 6.07. The number of H-pyrrole nitrogens is 1. The molecule has 2 aromatic carbocycles. The van der Waals surface area contributed by atoms with E-state index in [9.17, 15) is 9.59 Å². The molecule has 6 heteroatoms. The summed E-state index contributed by atoms with van der Waals surface area (Å²) in [6, 6.07) is 12.9. The van der Waals surface area contributed by atoms with E-state index < -0.39 is 5.91 Å². The van der Waals surface area contributed by atoms with Gasteiger partial charge in [-0.05, 0) is 53.9 Å². The van der Waals surface area contributed by atoms with E-state index in [2.05, 4.69) is 4.98 Å². The lowest BCUT2D eigenvalue weighted by atomic mass is 9.96. The van der Waals surface area contributed by atoms with E-state index in [0.29, 0.717) is 24.2 Å².